The molecular formula is C18H20INO3S. The zero-order valence-corrected chi connectivity index (χ0v) is 16.8. The molecule has 0 saturated heterocycles. The number of amides is 1. The van der Waals surface area contributed by atoms with E-state index in [4.69, 9.17) is 4.74 Å². The second kappa shape index (κ2) is 8.73. The zero-order chi connectivity index (χ0) is 17.7. The van der Waals surface area contributed by atoms with Gasteiger partial charge in [0.15, 0.2) is 0 Å². The molecular weight excluding hydrogens is 437 g/mol. The summed E-state index contributed by atoms with van der Waals surface area (Å²) in [5, 5.41) is 10.3. The fourth-order valence-corrected chi connectivity index (χ4v) is 3.14. The summed E-state index contributed by atoms with van der Waals surface area (Å²) in [5.74, 6) is 0.803. The Balaban J connectivity index is 2.23. The van der Waals surface area contributed by atoms with Gasteiger partial charge in [-0.3, -0.25) is 10.0 Å². The largest absolute Gasteiger partial charge is 0.489 e. The minimum atomic E-state index is -0.430. The van der Waals surface area contributed by atoms with E-state index in [1.807, 2.05) is 31.2 Å². The van der Waals surface area contributed by atoms with Crippen LogP contribution in [0.4, 0.5) is 10.5 Å². The van der Waals surface area contributed by atoms with Crippen LogP contribution >= 0.6 is 34.4 Å². The van der Waals surface area contributed by atoms with Gasteiger partial charge >= 0.3 is 5.24 Å². The molecule has 4 nitrogen and oxygen atoms in total. The maximum Gasteiger partial charge on any atom is 0.309 e. The number of hydrogen-bond acceptors (Lipinski definition) is 4. The number of carbonyl (C=O) groups excluding carboxylic acids is 1. The lowest BCUT2D eigenvalue weighted by Crippen LogP contribution is -2.24. The number of rotatable bonds is 5. The quantitative estimate of drug-likeness (QED) is 0.370. The van der Waals surface area contributed by atoms with Crippen molar-refractivity contribution in [3.8, 4) is 5.75 Å². The Bertz CT molecular complexity index is 736. The Hall–Kier alpha value is -1.25. The van der Waals surface area contributed by atoms with Crippen molar-refractivity contribution in [3.63, 3.8) is 0 Å². The summed E-state index contributed by atoms with van der Waals surface area (Å²) < 4.78 is 6.93. The Labute approximate surface area is 160 Å². The number of hydrogen-bond donors (Lipinski definition) is 1. The topological polar surface area (TPSA) is 49.8 Å². The van der Waals surface area contributed by atoms with Gasteiger partial charge in [-0.1, -0.05) is 30.8 Å². The molecule has 2 aromatic carbocycles. The molecule has 0 fully saturated rings. The SMILES string of the molecule is CCc1ccc(OCc2cc(I)ccc2N(O)C(=O)SC)c(C)c1. The summed E-state index contributed by atoms with van der Waals surface area (Å²) in [6.07, 6.45) is 2.62. The number of ether oxygens (including phenoxy) is 1. The fraction of sp³-hybridized carbons (Fsp3) is 0.278. The van der Waals surface area contributed by atoms with Crippen molar-refractivity contribution in [3.05, 3.63) is 56.7 Å². The molecule has 128 valence electrons. The maximum absolute atomic E-state index is 11.7. The van der Waals surface area contributed by atoms with Gasteiger partial charge in [-0.05, 0) is 77.6 Å². The normalized spacial score (nSPS) is 10.5. The van der Waals surface area contributed by atoms with Crippen LogP contribution in [0.15, 0.2) is 36.4 Å². The lowest BCUT2D eigenvalue weighted by molar-refractivity contribution is 0.223. The van der Waals surface area contributed by atoms with Crippen LogP contribution in [0, 0.1) is 10.5 Å². The smallest absolute Gasteiger partial charge is 0.309 e. The summed E-state index contributed by atoms with van der Waals surface area (Å²) in [5.41, 5.74) is 3.54. The van der Waals surface area contributed by atoms with Crippen molar-refractivity contribution in [1.29, 1.82) is 0 Å². The number of aryl methyl sites for hydroxylation is 2. The van der Waals surface area contributed by atoms with Gasteiger partial charge < -0.3 is 4.74 Å². The third-order valence-electron chi connectivity index (χ3n) is 3.65. The summed E-state index contributed by atoms with van der Waals surface area (Å²) in [4.78, 5) is 11.7. The molecule has 0 saturated carbocycles. The Morgan fingerprint density at radius 2 is 2.04 bits per heavy atom. The molecule has 0 atom stereocenters. The molecule has 2 rings (SSSR count). The maximum atomic E-state index is 11.7. The van der Waals surface area contributed by atoms with Crippen LogP contribution in [0.2, 0.25) is 0 Å². The second-order valence-electron chi connectivity index (χ2n) is 5.30. The number of thioether (sulfide) groups is 1. The first-order valence-electron chi connectivity index (χ1n) is 7.54. The minimum Gasteiger partial charge on any atom is -0.489 e. The van der Waals surface area contributed by atoms with Gasteiger partial charge in [-0.15, -0.1) is 0 Å². The number of halogens is 1. The Morgan fingerprint density at radius 3 is 2.67 bits per heavy atom. The van der Waals surface area contributed by atoms with Gasteiger partial charge in [0, 0.05) is 9.13 Å². The van der Waals surface area contributed by atoms with Gasteiger partial charge in [0.2, 0.25) is 0 Å². The molecule has 6 heteroatoms. The van der Waals surface area contributed by atoms with Gasteiger partial charge in [0.05, 0.1) is 5.69 Å². The lowest BCUT2D eigenvalue weighted by Gasteiger charge is -2.18. The molecule has 0 aliphatic heterocycles. The van der Waals surface area contributed by atoms with E-state index in [9.17, 15) is 10.0 Å². The predicted molar refractivity (Wildman–Crippen MR) is 107 cm³/mol. The fourth-order valence-electron chi connectivity index (χ4n) is 2.31. The first-order chi connectivity index (χ1) is 11.5. The highest BCUT2D eigenvalue weighted by molar-refractivity contribution is 14.1. The van der Waals surface area contributed by atoms with Gasteiger partial charge in [-0.2, -0.15) is 5.06 Å². The molecule has 0 heterocycles. The molecule has 0 aliphatic carbocycles. The van der Waals surface area contributed by atoms with E-state index in [1.54, 1.807) is 12.3 Å². The average Bonchev–Trinajstić information content (AvgIpc) is 2.59. The molecule has 24 heavy (non-hydrogen) atoms. The predicted octanol–water partition coefficient (Wildman–Crippen LogP) is 5.42. The van der Waals surface area contributed by atoms with Crippen LogP contribution in [-0.4, -0.2) is 16.7 Å². The highest BCUT2D eigenvalue weighted by atomic mass is 127. The number of nitrogens with zero attached hydrogens (tertiary/aromatic N) is 1. The van der Waals surface area contributed by atoms with E-state index in [-0.39, 0.29) is 6.61 Å². The van der Waals surface area contributed by atoms with Crippen LogP contribution in [0.3, 0.4) is 0 Å². The number of hydroxylamine groups is 1. The molecule has 1 N–H and O–H groups in total. The third kappa shape index (κ3) is 4.64. The molecule has 0 unspecified atom stereocenters. The summed E-state index contributed by atoms with van der Waals surface area (Å²) in [6, 6.07) is 11.6. The summed E-state index contributed by atoms with van der Waals surface area (Å²) >= 11 is 3.15. The molecule has 0 bridgehead atoms. The molecule has 0 radical (unpaired) electrons. The average molecular weight is 457 g/mol. The van der Waals surface area contributed by atoms with E-state index >= 15 is 0 Å². The highest BCUT2D eigenvalue weighted by Gasteiger charge is 2.17. The Kier molecular flexibility index (Phi) is 6.94. The van der Waals surface area contributed by atoms with Crippen molar-refractivity contribution >= 4 is 45.3 Å². The third-order valence-corrected chi connectivity index (χ3v) is 4.84. The van der Waals surface area contributed by atoms with E-state index in [0.717, 1.165) is 38.6 Å². The van der Waals surface area contributed by atoms with Crippen LogP contribution in [-0.2, 0) is 13.0 Å². The van der Waals surface area contributed by atoms with Crippen LogP contribution < -0.4 is 9.80 Å². The minimum absolute atomic E-state index is 0.275. The molecule has 2 aromatic rings. The molecule has 0 aromatic heterocycles. The van der Waals surface area contributed by atoms with Crippen molar-refractivity contribution in [2.24, 2.45) is 0 Å². The molecule has 1 amide bonds. The standard InChI is InChI=1S/C18H20INO3S/c1-4-13-5-8-17(12(2)9-13)23-11-14-10-15(19)6-7-16(14)20(22)18(21)24-3/h5-10,22H,4,11H2,1-3H3. The van der Waals surface area contributed by atoms with Gasteiger partial charge in [0.1, 0.15) is 12.4 Å². The lowest BCUT2D eigenvalue weighted by atomic mass is 10.1. The van der Waals surface area contributed by atoms with Crippen molar-refractivity contribution in [1.82, 2.24) is 0 Å². The van der Waals surface area contributed by atoms with Crippen LogP contribution in [0.5, 0.6) is 5.75 Å². The molecule has 0 spiro atoms. The van der Waals surface area contributed by atoms with Crippen molar-refractivity contribution in [2.75, 3.05) is 11.3 Å². The highest BCUT2D eigenvalue weighted by Crippen LogP contribution is 2.27. The molecule has 0 aliphatic rings. The summed E-state index contributed by atoms with van der Waals surface area (Å²) in [6.45, 7) is 4.41. The van der Waals surface area contributed by atoms with Crippen molar-refractivity contribution in [2.45, 2.75) is 26.9 Å². The first-order valence-corrected chi connectivity index (χ1v) is 9.84. The number of anilines is 1. The van der Waals surface area contributed by atoms with E-state index < -0.39 is 5.24 Å². The number of carbonyl (C=O) groups is 1. The van der Waals surface area contributed by atoms with E-state index in [0.29, 0.717) is 10.8 Å². The van der Waals surface area contributed by atoms with E-state index in [2.05, 4.69) is 35.6 Å². The van der Waals surface area contributed by atoms with Crippen LogP contribution in [0.1, 0.15) is 23.6 Å². The van der Waals surface area contributed by atoms with Crippen molar-refractivity contribution < 1.29 is 14.7 Å². The summed E-state index contributed by atoms with van der Waals surface area (Å²) in [7, 11) is 0. The van der Waals surface area contributed by atoms with E-state index in [1.165, 1.54) is 5.56 Å². The van der Waals surface area contributed by atoms with Gasteiger partial charge in [0.25, 0.3) is 0 Å². The first kappa shape index (κ1) is 19.1. The number of benzene rings is 2. The Morgan fingerprint density at radius 1 is 1.29 bits per heavy atom. The van der Waals surface area contributed by atoms with Gasteiger partial charge in [-0.25, -0.2) is 0 Å². The zero-order valence-electron chi connectivity index (χ0n) is 13.9. The second-order valence-corrected chi connectivity index (χ2v) is 7.30. The van der Waals surface area contributed by atoms with Crippen LogP contribution in [0.25, 0.3) is 0 Å². The monoisotopic (exact) mass is 457 g/mol.